The van der Waals surface area contributed by atoms with E-state index in [1.165, 1.54) is 12.1 Å². The molecule has 5 nitrogen and oxygen atoms in total. The van der Waals surface area contributed by atoms with Crippen LogP contribution < -0.4 is 10.1 Å². The van der Waals surface area contributed by atoms with Gasteiger partial charge in [-0.2, -0.15) is 0 Å². The van der Waals surface area contributed by atoms with E-state index in [1.807, 2.05) is 19.1 Å². The summed E-state index contributed by atoms with van der Waals surface area (Å²) in [4.78, 5) is 9.20. The fourth-order valence-corrected chi connectivity index (χ4v) is 3.87. The Morgan fingerprint density at radius 2 is 1.71 bits per heavy atom. The van der Waals surface area contributed by atoms with Crippen LogP contribution in [-0.4, -0.2) is 21.4 Å². The Bertz CT molecular complexity index is 1130. The summed E-state index contributed by atoms with van der Waals surface area (Å²) in [6.07, 6.45) is 1.96. The number of aromatic hydroxyl groups is 1. The highest BCUT2D eigenvalue weighted by Crippen LogP contribution is 2.38. The van der Waals surface area contributed by atoms with Crippen LogP contribution in [0, 0.1) is 0 Å². The van der Waals surface area contributed by atoms with Gasteiger partial charge in [-0.05, 0) is 53.3 Å². The zero-order chi connectivity index (χ0) is 25.6. The van der Waals surface area contributed by atoms with Crippen molar-refractivity contribution < 1.29 is 23.0 Å². The van der Waals surface area contributed by atoms with Crippen LogP contribution in [0.2, 0.25) is 0 Å². The van der Waals surface area contributed by atoms with Gasteiger partial charge in [-0.25, -0.2) is 9.97 Å². The summed E-state index contributed by atoms with van der Waals surface area (Å²) >= 11 is 0. The molecule has 2 aromatic carbocycles. The molecule has 3 rings (SSSR count). The number of phenols is 1. The minimum absolute atomic E-state index is 0.207. The first-order chi connectivity index (χ1) is 16.5. The first-order valence-electron chi connectivity index (χ1n) is 11.4. The minimum atomic E-state index is -4.73. The van der Waals surface area contributed by atoms with E-state index in [4.69, 9.17) is 0 Å². The second-order valence-corrected chi connectivity index (χ2v) is 8.87. The Hall–Kier alpha value is -3.39. The van der Waals surface area contributed by atoms with Gasteiger partial charge < -0.3 is 15.2 Å². The summed E-state index contributed by atoms with van der Waals surface area (Å²) in [7, 11) is 0. The third-order valence-electron chi connectivity index (χ3n) is 5.97. The number of hydrogen-bond acceptors (Lipinski definition) is 5. The lowest BCUT2D eigenvalue weighted by Gasteiger charge is -2.35. The average molecular weight is 486 g/mol. The van der Waals surface area contributed by atoms with E-state index in [0.717, 1.165) is 28.7 Å². The zero-order valence-corrected chi connectivity index (χ0v) is 20.1. The van der Waals surface area contributed by atoms with E-state index in [-0.39, 0.29) is 17.5 Å². The van der Waals surface area contributed by atoms with E-state index >= 15 is 0 Å². The molecule has 0 spiro atoms. The van der Waals surface area contributed by atoms with Gasteiger partial charge in [-0.15, -0.1) is 19.8 Å². The van der Waals surface area contributed by atoms with E-state index in [9.17, 15) is 18.3 Å². The van der Waals surface area contributed by atoms with Crippen molar-refractivity contribution in [3.05, 3.63) is 95.6 Å². The van der Waals surface area contributed by atoms with Gasteiger partial charge in [0, 0.05) is 24.4 Å². The number of nitrogens with zero attached hydrogens (tertiary/aromatic N) is 2. The fraction of sp³-hybridized carbons (Fsp3) is 0.333. The van der Waals surface area contributed by atoms with Crippen LogP contribution in [0.3, 0.4) is 0 Å². The molecular formula is C27H30F3N3O2. The van der Waals surface area contributed by atoms with Crippen LogP contribution >= 0.6 is 0 Å². The first-order valence-corrected chi connectivity index (χ1v) is 11.4. The highest BCUT2D eigenvalue weighted by molar-refractivity contribution is 5.41. The summed E-state index contributed by atoms with van der Waals surface area (Å²) in [5.41, 5.74) is 3.04. The van der Waals surface area contributed by atoms with Crippen molar-refractivity contribution in [3.8, 4) is 11.5 Å². The van der Waals surface area contributed by atoms with Crippen molar-refractivity contribution in [1.82, 2.24) is 15.3 Å². The van der Waals surface area contributed by atoms with E-state index in [0.29, 0.717) is 18.8 Å². The zero-order valence-electron chi connectivity index (χ0n) is 20.1. The molecule has 8 heteroatoms. The molecule has 1 aromatic heterocycles. The SMILES string of the molecule is C=CCc1cc(C(C)(C)C(NCc2ccc(OC(F)(F)F)cc2)c2ncc(CC)cn2)ccc1O. The normalized spacial score (nSPS) is 12.9. The smallest absolute Gasteiger partial charge is 0.508 e. The molecule has 0 bridgehead atoms. The first kappa shape index (κ1) is 26.2. The van der Waals surface area contributed by atoms with Gasteiger partial charge in [0.1, 0.15) is 17.3 Å². The van der Waals surface area contributed by atoms with Gasteiger partial charge >= 0.3 is 6.36 Å². The number of halogens is 3. The molecule has 0 aliphatic rings. The summed E-state index contributed by atoms with van der Waals surface area (Å²) in [6.45, 7) is 10.3. The van der Waals surface area contributed by atoms with Crippen molar-refractivity contribution in [1.29, 1.82) is 0 Å². The number of phenolic OH excluding ortho intramolecular Hbond substituents is 1. The number of ether oxygens (including phenoxy) is 1. The Morgan fingerprint density at radius 1 is 1.06 bits per heavy atom. The maximum Gasteiger partial charge on any atom is 0.573 e. The summed E-state index contributed by atoms with van der Waals surface area (Å²) in [5, 5.41) is 13.7. The molecule has 0 amide bonds. The molecule has 1 unspecified atom stereocenters. The van der Waals surface area contributed by atoms with Gasteiger partial charge in [0.15, 0.2) is 0 Å². The molecule has 2 N–H and O–H groups in total. The van der Waals surface area contributed by atoms with Crippen LogP contribution in [0.15, 0.2) is 67.5 Å². The minimum Gasteiger partial charge on any atom is -0.508 e. The van der Waals surface area contributed by atoms with Crippen LogP contribution in [-0.2, 0) is 24.8 Å². The maximum atomic E-state index is 12.5. The maximum absolute atomic E-state index is 12.5. The molecule has 0 aliphatic heterocycles. The van der Waals surface area contributed by atoms with Crippen molar-refractivity contribution in [2.45, 2.75) is 58.0 Å². The molecule has 0 fully saturated rings. The lowest BCUT2D eigenvalue weighted by molar-refractivity contribution is -0.274. The molecule has 1 atom stereocenters. The molecule has 1 heterocycles. The van der Waals surface area contributed by atoms with Crippen molar-refractivity contribution in [3.63, 3.8) is 0 Å². The molecule has 0 radical (unpaired) electrons. The standard InChI is InChI=1S/C27H30F3N3O2/c1-5-7-20-14-21(10-13-23(20)34)26(3,4)24(25-32-15-18(6-2)16-33-25)31-17-19-8-11-22(12-9-19)35-27(28,29)30/h5,8-16,24,31,34H,1,6-7,17H2,2-4H3. The predicted octanol–water partition coefficient (Wildman–Crippen LogP) is 6.18. The van der Waals surface area contributed by atoms with Gasteiger partial charge in [0.2, 0.25) is 0 Å². The van der Waals surface area contributed by atoms with Crippen molar-refractivity contribution in [2.24, 2.45) is 0 Å². The molecule has 186 valence electrons. The third kappa shape index (κ3) is 6.82. The number of alkyl halides is 3. The van der Waals surface area contributed by atoms with Gasteiger partial charge in [0.05, 0.1) is 6.04 Å². The molecular weight excluding hydrogens is 455 g/mol. The van der Waals surface area contributed by atoms with Gasteiger partial charge in [0.25, 0.3) is 0 Å². The van der Waals surface area contributed by atoms with Gasteiger partial charge in [-0.3, -0.25) is 0 Å². The van der Waals surface area contributed by atoms with Crippen molar-refractivity contribution in [2.75, 3.05) is 0 Å². The summed E-state index contributed by atoms with van der Waals surface area (Å²) in [6, 6.07) is 10.9. The second-order valence-electron chi connectivity index (χ2n) is 8.87. The van der Waals surface area contributed by atoms with Crippen LogP contribution in [0.25, 0.3) is 0 Å². The fourth-order valence-electron chi connectivity index (χ4n) is 3.87. The number of benzene rings is 2. The molecule has 35 heavy (non-hydrogen) atoms. The molecule has 0 saturated heterocycles. The predicted molar refractivity (Wildman–Crippen MR) is 129 cm³/mol. The summed E-state index contributed by atoms with van der Waals surface area (Å²) in [5.74, 6) is 0.539. The highest BCUT2D eigenvalue weighted by Gasteiger charge is 2.35. The van der Waals surface area contributed by atoms with Crippen LogP contribution in [0.1, 0.15) is 54.9 Å². The number of aryl methyl sites for hydroxylation is 1. The van der Waals surface area contributed by atoms with Crippen LogP contribution in [0.4, 0.5) is 13.2 Å². The Labute approximate surface area is 203 Å². The Morgan fingerprint density at radius 3 is 2.29 bits per heavy atom. The third-order valence-corrected chi connectivity index (χ3v) is 5.97. The van der Waals surface area contributed by atoms with E-state index < -0.39 is 11.8 Å². The average Bonchev–Trinajstić information content (AvgIpc) is 2.81. The topological polar surface area (TPSA) is 67.3 Å². The van der Waals surface area contributed by atoms with E-state index in [1.54, 1.807) is 36.7 Å². The number of allylic oxidation sites excluding steroid dienone is 1. The Balaban J connectivity index is 1.90. The van der Waals surface area contributed by atoms with E-state index in [2.05, 4.69) is 40.4 Å². The number of hydrogen-bond donors (Lipinski definition) is 2. The van der Waals surface area contributed by atoms with Crippen molar-refractivity contribution >= 4 is 0 Å². The highest BCUT2D eigenvalue weighted by atomic mass is 19.4. The lowest BCUT2D eigenvalue weighted by Crippen LogP contribution is -2.38. The Kier molecular flexibility index (Phi) is 8.17. The number of nitrogens with one attached hydrogen (secondary N) is 1. The molecule has 0 aliphatic carbocycles. The van der Waals surface area contributed by atoms with Gasteiger partial charge in [-0.1, -0.05) is 51.1 Å². The summed E-state index contributed by atoms with van der Waals surface area (Å²) < 4.78 is 41.3. The molecule has 3 aromatic rings. The molecule has 0 saturated carbocycles. The number of rotatable bonds is 10. The van der Waals surface area contributed by atoms with Crippen LogP contribution in [0.5, 0.6) is 11.5 Å². The monoisotopic (exact) mass is 485 g/mol. The lowest BCUT2D eigenvalue weighted by atomic mass is 9.76. The second kappa shape index (κ2) is 10.9. The largest absolute Gasteiger partial charge is 0.573 e. The number of aromatic nitrogens is 2. The quantitative estimate of drug-likeness (QED) is 0.336.